The summed E-state index contributed by atoms with van der Waals surface area (Å²) in [5, 5.41) is 3.80. The molecule has 1 aromatic carbocycles. The van der Waals surface area contributed by atoms with Gasteiger partial charge in [0.05, 0.1) is 5.02 Å². The summed E-state index contributed by atoms with van der Waals surface area (Å²) in [4.78, 5) is 13.6. The average molecular weight is 323 g/mol. The van der Waals surface area contributed by atoms with Crippen molar-refractivity contribution in [2.75, 3.05) is 13.2 Å². The summed E-state index contributed by atoms with van der Waals surface area (Å²) >= 11 is 11.2. The van der Waals surface area contributed by atoms with Crippen LogP contribution in [-0.2, 0) is 4.79 Å². The molecule has 1 N–H and O–H groups in total. The van der Waals surface area contributed by atoms with Gasteiger partial charge >= 0.3 is 0 Å². The van der Waals surface area contributed by atoms with E-state index in [2.05, 4.69) is 11.9 Å². The molecule has 0 bridgehead atoms. The normalized spacial score (nSPS) is 16.3. The smallest absolute Gasteiger partial charge is 0.276 e. The van der Waals surface area contributed by atoms with Gasteiger partial charge in [0.25, 0.3) is 5.91 Å². The predicted octanol–water partition coefficient (Wildman–Crippen LogP) is 2.98. The number of benzene rings is 1. The fourth-order valence-corrected chi connectivity index (χ4v) is 2.46. The van der Waals surface area contributed by atoms with E-state index in [1.54, 1.807) is 24.3 Å². The highest BCUT2D eigenvalue weighted by Crippen LogP contribution is 2.26. The summed E-state index contributed by atoms with van der Waals surface area (Å²) < 4.78 is 5.40. The SMILES string of the molecule is C=CCOc1ccc(C=C2NC(=S)N(CC)C2=O)cc1Cl. The predicted molar refractivity (Wildman–Crippen MR) is 88.2 cm³/mol. The number of carbonyl (C=O) groups excluding carboxylic acids is 1. The Hall–Kier alpha value is -1.85. The van der Waals surface area contributed by atoms with Gasteiger partial charge in [-0.15, -0.1) is 0 Å². The lowest BCUT2D eigenvalue weighted by Gasteiger charge is -2.09. The molecule has 1 aromatic rings. The van der Waals surface area contributed by atoms with Crippen LogP contribution in [0, 0.1) is 0 Å². The topological polar surface area (TPSA) is 41.6 Å². The molecule has 6 heteroatoms. The Bertz CT molecular complexity index is 628. The van der Waals surface area contributed by atoms with Crippen molar-refractivity contribution in [2.24, 2.45) is 0 Å². The molecule has 1 aliphatic heterocycles. The standard InChI is InChI=1S/C15H15ClN2O2S/c1-3-7-20-13-6-5-10(8-11(13)16)9-12-14(19)18(4-2)15(21)17-12/h3,5-6,8-9H,1,4,7H2,2H3,(H,17,21). The minimum atomic E-state index is -0.134. The summed E-state index contributed by atoms with van der Waals surface area (Å²) in [6, 6.07) is 5.32. The molecule has 1 aliphatic rings. The average Bonchev–Trinajstić information content (AvgIpc) is 2.72. The Morgan fingerprint density at radius 1 is 1.52 bits per heavy atom. The van der Waals surface area contributed by atoms with E-state index >= 15 is 0 Å². The van der Waals surface area contributed by atoms with Crippen molar-refractivity contribution in [3.05, 3.63) is 47.1 Å². The number of nitrogens with zero attached hydrogens (tertiary/aromatic N) is 1. The van der Waals surface area contributed by atoms with Crippen LogP contribution in [0.25, 0.3) is 6.08 Å². The highest BCUT2D eigenvalue weighted by atomic mass is 35.5. The number of likely N-dealkylation sites (N-methyl/N-ethyl adjacent to an activating group) is 1. The lowest BCUT2D eigenvalue weighted by atomic mass is 10.2. The van der Waals surface area contributed by atoms with E-state index in [0.717, 1.165) is 5.56 Å². The fraction of sp³-hybridized carbons (Fsp3) is 0.200. The molecule has 4 nitrogen and oxygen atoms in total. The number of nitrogens with one attached hydrogen (secondary N) is 1. The Kier molecular flexibility index (Phi) is 4.98. The zero-order valence-corrected chi connectivity index (χ0v) is 13.1. The van der Waals surface area contributed by atoms with Crippen molar-refractivity contribution in [1.82, 2.24) is 10.2 Å². The lowest BCUT2D eigenvalue weighted by Crippen LogP contribution is -2.30. The maximum absolute atomic E-state index is 12.1. The molecular formula is C15H15ClN2O2S. The quantitative estimate of drug-likeness (QED) is 0.514. The number of carbonyl (C=O) groups is 1. The van der Waals surface area contributed by atoms with E-state index in [1.165, 1.54) is 4.90 Å². The van der Waals surface area contributed by atoms with Crippen LogP contribution in [0.1, 0.15) is 12.5 Å². The van der Waals surface area contributed by atoms with E-state index < -0.39 is 0 Å². The molecule has 1 saturated heterocycles. The number of hydrogen-bond acceptors (Lipinski definition) is 3. The number of hydrogen-bond donors (Lipinski definition) is 1. The number of halogens is 1. The maximum atomic E-state index is 12.1. The molecular weight excluding hydrogens is 308 g/mol. The van der Waals surface area contributed by atoms with Crippen molar-refractivity contribution >= 4 is 40.9 Å². The number of thiocarbonyl (C=S) groups is 1. The number of amides is 1. The van der Waals surface area contributed by atoms with Crippen molar-refractivity contribution < 1.29 is 9.53 Å². The molecule has 21 heavy (non-hydrogen) atoms. The van der Waals surface area contributed by atoms with Crippen LogP contribution >= 0.6 is 23.8 Å². The van der Waals surface area contributed by atoms with Crippen molar-refractivity contribution in [2.45, 2.75) is 6.92 Å². The second-order valence-corrected chi connectivity index (χ2v) is 5.12. The molecule has 0 aromatic heterocycles. The van der Waals surface area contributed by atoms with Crippen LogP contribution < -0.4 is 10.1 Å². The van der Waals surface area contributed by atoms with Gasteiger partial charge in [-0.1, -0.05) is 30.3 Å². The van der Waals surface area contributed by atoms with E-state index in [-0.39, 0.29) is 5.91 Å². The van der Waals surface area contributed by atoms with Gasteiger partial charge < -0.3 is 10.1 Å². The molecule has 0 radical (unpaired) electrons. The molecule has 1 amide bonds. The Morgan fingerprint density at radius 3 is 2.86 bits per heavy atom. The number of ether oxygens (including phenoxy) is 1. The van der Waals surface area contributed by atoms with Gasteiger partial charge in [0, 0.05) is 6.54 Å². The monoisotopic (exact) mass is 322 g/mol. The molecule has 110 valence electrons. The van der Waals surface area contributed by atoms with Gasteiger partial charge in [0.1, 0.15) is 18.1 Å². The zero-order valence-electron chi connectivity index (χ0n) is 11.6. The second-order valence-electron chi connectivity index (χ2n) is 4.33. The molecule has 0 aliphatic carbocycles. The number of rotatable bonds is 5. The van der Waals surface area contributed by atoms with Crippen molar-refractivity contribution in [3.63, 3.8) is 0 Å². The van der Waals surface area contributed by atoms with Crippen LogP contribution in [0.5, 0.6) is 5.75 Å². The minimum absolute atomic E-state index is 0.134. The third-order valence-electron chi connectivity index (χ3n) is 2.90. The van der Waals surface area contributed by atoms with Crippen LogP contribution in [0.2, 0.25) is 5.02 Å². The van der Waals surface area contributed by atoms with Crippen LogP contribution in [0.4, 0.5) is 0 Å². The Balaban J connectivity index is 2.22. The molecule has 2 rings (SSSR count). The van der Waals surface area contributed by atoms with Gasteiger partial charge in [0.2, 0.25) is 0 Å². The highest BCUT2D eigenvalue weighted by molar-refractivity contribution is 7.80. The molecule has 0 atom stereocenters. The zero-order chi connectivity index (χ0) is 15.4. The van der Waals surface area contributed by atoms with Crippen LogP contribution in [0.3, 0.4) is 0 Å². The van der Waals surface area contributed by atoms with Gasteiger partial charge in [-0.2, -0.15) is 0 Å². The Morgan fingerprint density at radius 2 is 2.29 bits per heavy atom. The summed E-state index contributed by atoms with van der Waals surface area (Å²) in [7, 11) is 0. The molecule has 1 heterocycles. The molecule has 0 spiro atoms. The van der Waals surface area contributed by atoms with E-state index in [4.69, 9.17) is 28.6 Å². The van der Waals surface area contributed by atoms with Crippen molar-refractivity contribution in [1.29, 1.82) is 0 Å². The molecule has 0 saturated carbocycles. The first-order chi connectivity index (χ1) is 10.1. The molecule has 0 unspecified atom stereocenters. The first-order valence-corrected chi connectivity index (χ1v) is 7.23. The van der Waals surface area contributed by atoms with Crippen LogP contribution in [0.15, 0.2) is 36.6 Å². The maximum Gasteiger partial charge on any atom is 0.276 e. The van der Waals surface area contributed by atoms with Gasteiger partial charge in [-0.05, 0) is 42.9 Å². The second kappa shape index (κ2) is 6.74. The summed E-state index contributed by atoms with van der Waals surface area (Å²) in [6.07, 6.45) is 3.36. The largest absolute Gasteiger partial charge is 0.488 e. The van der Waals surface area contributed by atoms with E-state index in [9.17, 15) is 4.79 Å². The summed E-state index contributed by atoms with van der Waals surface area (Å²) in [5.74, 6) is 0.445. The van der Waals surface area contributed by atoms with Gasteiger partial charge in [-0.25, -0.2) is 0 Å². The third kappa shape index (κ3) is 3.43. The summed E-state index contributed by atoms with van der Waals surface area (Å²) in [5.41, 5.74) is 1.24. The third-order valence-corrected chi connectivity index (χ3v) is 3.52. The Labute approximate surface area is 134 Å². The van der Waals surface area contributed by atoms with Gasteiger partial charge in [0.15, 0.2) is 5.11 Å². The minimum Gasteiger partial charge on any atom is -0.488 e. The van der Waals surface area contributed by atoms with Crippen molar-refractivity contribution in [3.8, 4) is 5.75 Å². The first kappa shape index (κ1) is 15.5. The first-order valence-electron chi connectivity index (χ1n) is 6.44. The highest BCUT2D eigenvalue weighted by Gasteiger charge is 2.28. The fourth-order valence-electron chi connectivity index (χ4n) is 1.90. The summed E-state index contributed by atoms with van der Waals surface area (Å²) in [6.45, 7) is 6.38. The lowest BCUT2D eigenvalue weighted by molar-refractivity contribution is -0.122. The van der Waals surface area contributed by atoms with E-state index in [1.807, 2.05) is 13.0 Å². The van der Waals surface area contributed by atoms with Gasteiger partial charge in [-0.3, -0.25) is 9.69 Å². The van der Waals surface area contributed by atoms with Crippen LogP contribution in [-0.4, -0.2) is 29.1 Å². The molecule has 1 fully saturated rings. The van der Waals surface area contributed by atoms with E-state index in [0.29, 0.717) is 34.7 Å².